The Kier molecular flexibility index (Phi) is 11.1. The summed E-state index contributed by atoms with van der Waals surface area (Å²) in [6.07, 6.45) is 11.7. The zero-order chi connectivity index (χ0) is 18.5. The Hall–Kier alpha value is -1.45. The molecule has 0 aliphatic rings. The average molecular weight is 354 g/mol. The Bertz CT molecular complexity index is 503. The molecule has 1 rings (SSSR count). The van der Waals surface area contributed by atoms with Crippen LogP contribution in [0.4, 0.5) is 8.78 Å². The average Bonchev–Trinajstić information content (AvgIpc) is 2.60. The van der Waals surface area contributed by atoms with Crippen molar-refractivity contribution in [3.05, 3.63) is 35.4 Å². The highest BCUT2D eigenvalue weighted by molar-refractivity contribution is 5.89. The van der Waals surface area contributed by atoms with Crippen LogP contribution < -0.4 is 0 Å². The fourth-order valence-electron chi connectivity index (χ4n) is 2.89. The van der Waals surface area contributed by atoms with Crippen molar-refractivity contribution in [2.24, 2.45) is 0 Å². The molecule has 142 valence electrons. The van der Waals surface area contributed by atoms with Crippen LogP contribution in [0.5, 0.6) is 0 Å². The number of rotatable bonds is 13. The fraction of sp³-hybridized carbons (Fsp3) is 0.667. The molecule has 0 radical (unpaired) electrons. The first kappa shape index (κ1) is 21.6. The summed E-state index contributed by atoms with van der Waals surface area (Å²) in [6, 6.07) is 2.87. The molecule has 0 amide bonds. The van der Waals surface area contributed by atoms with E-state index in [9.17, 15) is 13.6 Å². The van der Waals surface area contributed by atoms with Crippen LogP contribution >= 0.6 is 0 Å². The number of ether oxygens (including phenoxy) is 1. The standard InChI is InChI=1S/C21H32F2O2/c1-3-5-7-8-9-10-11-13-18(12-6-4-2)25-21(24)19-16-17(22)14-15-20(19)23/h14-16,18H,3-13H2,1-2H3. The number of carbonyl (C=O) groups is 1. The van der Waals surface area contributed by atoms with E-state index in [1.165, 1.54) is 32.1 Å². The largest absolute Gasteiger partial charge is 0.459 e. The number of halogens is 2. The first-order valence-corrected chi connectivity index (χ1v) is 9.74. The Labute approximate surface area is 151 Å². The number of hydrogen-bond acceptors (Lipinski definition) is 2. The first-order chi connectivity index (χ1) is 12.1. The lowest BCUT2D eigenvalue weighted by atomic mass is 10.0. The van der Waals surface area contributed by atoms with Crippen LogP contribution in [-0.2, 0) is 4.74 Å². The SMILES string of the molecule is CCCCCCCCCC(CCCC)OC(=O)c1cc(F)ccc1F. The smallest absolute Gasteiger partial charge is 0.341 e. The van der Waals surface area contributed by atoms with Gasteiger partial charge < -0.3 is 4.74 Å². The summed E-state index contributed by atoms with van der Waals surface area (Å²) in [7, 11) is 0. The molecule has 1 aromatic rings. The molecule has 2 nitrogen and oxygen atoms in total. The van der Waals surface area contributed by atoms with Crippen molar-refractivity contribution in [1.29, 1.82) is 0 Å². The monoisotopic (exact) mass is 354 g/mol. The lowest BCUT2D eigenvalue weighted by molar-refractivity contribution is 0.0244. The molecule has 0 saturated carbocycles. The molecule has 0 heterocycles. The molecule has 0 bridgehead atoms. The minimum absolute atomic E-state index is 0.217. The summed E-state index contributed by atoms with van der Waals surface area (Å²) >= 11 is 0. The third kappa shape index (κ3) is 8.99. The molecular weight excluding hydrogens is 322 g/mol. The molecule has 1 aromatic carbocycles. The van der Waals surface area contributed by atoms with Gasteiger partial charge in [-0.15, -0.1) is 0 Å². The second-order valence-corrected chi connectivity index (χ2v) is 6.70. The molecule has 4 heteroatoms. The van der Waals surface area contributed by atoms with Crippen molar-refractivity contribution >= 4 is 5.97 Å². The molecule has 1 unspecified atom stereocenters. The van der Waals surface area contributed by atoms with E-state index in [1.54, 1.807) is 0 Å². The molecule has 0 aliphatic heterocycles. The Morgan fingerprint density at radius 2 is 1.52 bits per heavy atom. The summed E-state index contributed by atoms with van der Waals surface area (Å²) in [5.41, 5.74) is -0.318. The second kappa shape index (κ2) is 12.8. The predicted octanol–water partition coefficient (Wildman–Crippen LogP) is 6.82. The maximum absolute atomic E-state index is 13.7. The number of benzene rings is 1. The zero-order valence-electron chi connectivity index (χ0n) is 15.7. The lowest BCUT2D eigenvalue weighted by Crippen LogP contribution is -2.19. The Morgan fingerprint density at radius 1 is 0.920 bits per heavy atom. The minimum Gasteiger partial charge on any atom is -0.459 e. The molecule has 0 N–H and O–H groups in total. The van der Waals surface area contributed by atoms with Gasteiger partial charge in [-0.3, -0.25) is 0 Å². The molecule has 25 heavy (non-hydrogen) atoms. The van der Waals surface area contributed by atoms with Gasteiger partial charge >= 0.3 is 5.97 Å². The maximum atomic E-state index is 13.7. The lowest BCUT2D eigenvalue weighted by Gasteiger charge is -2.18. The molecular formula is C21H32F2O2. The van der Waals surface area contributed by atoms with Crippen LogP contribution in [0, 0.1) is 11.6 Å². The predicted molar refractivity (Wildman–Crippen MR) is 97.7 cm³/mol. The van der Waals surface area contributed by atoms with E-state index in [4.69, 9.17) is 4.74 Å². The number of carbonyl (C=O) groups excluding carboxylic acids is 1. The van der Waals surface area contributed by atoms with E-state index in [2.05, 4.69) is 13.8 Å². The Morgan fingerprint density at radius 3 is 2.20 bits per heavy atom. The molecule has 0 aromatic heterocycles. The molecule has 1 atom stereocenters. The quantitative estimate of drug-likeness (QED) is 0.287. The highest BCUT2D eigenvalue weighted by atomic mass is 19.1. The van der Waals surface area contributed by atoms with Gasteiger partial charge in [0.05, 0.1) is 5.56 Å². The summed E-state index contributed by atoms with van der Waals surface area (Å²) < 4.78 is 32.4. The molecule has 0 aliphatic carbocycles. The van der Waals surface area contributed by atoms with Crippen molar-refractivity contribution in [3.8, 4) is 0 Å². The van der Waals surface area contributed by atoms with E-state index >= 15 is 0 Å². The van der Waals surface area contributed by atoms with Gasteiger partial charge in [0, 0.05) is 0 Å². The van der Waals surface area contributed by atoms with Gasteiger partial charge in [0.1, 0.15) is 17.7 Å². The summed E-state index contributed by atoms with van der Waals surface area (Å²) in [5.74, 6) is -2.14. The summed E-state index contributed by atoms with van der Waals surface area (Å²) in [5, 5.41) is 0. The van der Waals surface area contributed by atoms with Crippen LogP contribution in [-0.4, -0.2) is 12.1 Å². The van der Waals surface area contributed by atoms with Gasteiger partial charge in [0.2, 0.25) is 0 Å². The van der Waals surface area contributed by atoms with E-state index < -0.39 is 17.6 Å². The minimum atomic E-state index is -0.763. The van der Waals surface area contributed by atoms with Crippen molar-refractivity contribution in [2.75, 3.05) is 0 Å². The van der Waals surface area contributed by atoms with Crippen LogP contribution in [0.2, 0.25) is 0 Å². The topological polar surface area (TPSA) is 26.3 Å². The van der Waals surface area contributed by atoms with Crippen molar-refractivity contribution in [2.45, 2.75) is 90.6 Å². The van der Waals surface area contributed by atoms with Crippen LogP contribution in [0.25, 0.3) is 0 Å². The van der Waals surface area contributed by atoms with E-state index in [1.807, 2.05) is 0 Å². The first-order valence-electron chi connectivity index (χ1n) is 9.74. The zero-order valence-corrected chi connectivity index (χ0v) is 15.7. The van der Waals surface area contributed by atoms with Crippen LogP contribution in [0.1, 0.15) is 94.8 Å². The summed E-state index contributed by atoms with van der Waals surface area (Å²) in [4.78, 5) is 12.2. The highest BCUT2D eigenvalue weighted by Crippen LogP contribution is 2.18. The van der Waals surface area contributed by atoms with Crippen LogP contribution in [0.15, 0.2) is 18.2 Å². The van der Waals surface area contributed by atoms with E-state index in [0.717, 1.165) is 56.7 Å². The van der Waals surface area contributed by atoms with Gasteiger partial charge in [0.15, 0.2) is 0 Å². The van der Waals surface area contributed by atoms with Crippen molar-refractivity contribution < 1.29 is 18.3 Å². The van der Waals surface area contributed by atoms with Gasteiger partial charge in [-0.25, -0.2) is 13.6 Å². The third-order valence-corrected chi connectivity index (χ3v) is 4.43. The van der Waals surface area contributed by atoms with Gasteiger partial charge in [-0.05, 0) is 37.5 Å². The van der Waals surface area contributed by atoms with Gasteiger partial charge in [-0.1, -0.05) is 65.2 Å². The van der Waals surface area contributed by atoms with E-state index in [0.29, 0.717) is 0 Å². The third-order valence-electron chi connectivity index (χ3n) is 4.43. The van der Waals surface area contributed by atoms with Crippen molar-refractivity contribution in [1.82, 2.24) is 0 Å². The second-order valence-electron chi connectivity index (χ2n) is 6.70. The maximum Gasteiger partial charge on any atom is 0.341 e. The normalized spacial score (nSPS) is 12.2. The molecule has 0 fully saturated rings. The van der Waals surface area contributed by atoms with Crippen LogP contribution in [0.3, 0.4) is 0 Å². The van der Waals surface area contributed by atoms with Gasteiger partial charge in [-0.2, -0.15) is 0 Å². The number of esters is 1. The van der Waals surface area contributed by atoms with Crippen molar-refractivity contribution in [3.63, 3.8) is 0 Å². The molecule has 0 spiro atoms. The van der Waals surface area contributed by atoms with Gasteiger partial charge in [0.25, 0.3) is 0 Å². The van der Waals surface area contributed by atoms with E-state index in [-0.39, 0.29) is 11.7 Å². The summed E-state index contributed by atoms with van der Waals surface area (Å²) in [6.45, 7) is 4.28. The molecule has 0 saturated heterocycles. The number of hydrogen-bond donors (Lipinski definition) is 0. The fourth-order valence-corrected chi connectivity index (χ4v) is 2.89. The Balaban J connectivity index is 2.46. The number of unbranched alkanes of at least 4 members (excludes halogenated alkanes) is 7. The highest BCUT2D eigenvalue weighted by Gasteiger charge is 2.19.